The van der Waals surface area contributed by atoms with Crippen molar-refractivity contribution in [1.29, 1.82) is 0 Å². The molecule has 1 saturated heterocycles. The van der Waals surface area contributed by atoms with Crippen LogP contribution in [0.25, 0.3) is 0 Å². The van der Waals surface area contributed by atoms with Gasteiger partial charge in [-0.3, -0.25) is 4.79 Å². The lowest BCUT2D eigenvalue weighted by Gasteiger charge is -2.20. The Morgan fingerprint density at radius 3 is 3.17 bits per heavy atom. The molecule has 2 N–H and O–H groups in total. The van der Waals surface area contributed by atoms with E-state index in [1.165, 1.54) is 11.3 Å². The predicted octanol–water partition coefficient (Wildman–Crippen LogP) is 1.38. The molecule has 0 radical (unpaired) electrons. The largest absolute Gasteiger partial charge is 0.388 e. The van der Waals surface area contributed by atoms with Gasteiger partial charge in [0.05, 0.1) is 6.10 Å². The molecule has 100 valence electrons. The third kappa shape index (κ3) is 3.80. The molecule has 1 atom stereocenters. The van der Waals surface area contributed by atoms with Crippen LogP contribution >= 0.6 is 11.3 Å². The SMILES string of the molecule is O=C(CCC(O)c1cccs1)N1CCCNCC1. The van der Waals surface area contributed by atoms with Gasteiger partial charge >= 0.3 is 0 Å². The van der Waals surface area contributed by atoms with Gasteiger partial charge in [-0.2, -0.15) is 0 Å². The van der Waals surface area contributed by atoms with E-state index >= 15 is 0 Å². The molecular formula is C13H20N2O2S. The highest BCUT2D eigenvalue weighted by atomic mass is 32.1. The van der Waals surface area contributed by atoms with Crippen molar-refractivity contribution in [1.82, 2.24) is 10.2 Å². The predicted molar refractivity (Wildman–Crippen MR) is 72.6 cm³/mol. The number of hydrogen-bond acceptors (Lipinski definition) is 4. The molecule has 1 fully saturated rings. The second-order valence-electron chi connectivity index (χ2n) is 4.55. The molecule has 5 heteroatoms. The van der Waals surface area contributed by atoms with Crippen LogP contribution in [0.15, 0.2) is 17.5 Å². The van der Waals surface area contributed by atoms with Crippen molar-refractivity contribution in [3.05, 3.63) is 22.4 Å². The Balaban J connectivity index is 1.77. The first-order valence-corrected chi connectivity index (χ1v) is 7.35. The summed E-state index contributed by atoms with van der Waals surface area (Å²) in [6.07, 6.45) is 1.46. The highest BCUT2D eigenvalue weighted by Gasteiger charge is 2.17. The van der Waals surface area contributed by atoms with E-state index in [0.29, 0.717) is 12.8 Å². The maximum Gasteiger partial charge on any atom is 0.222 e. The van der Waals surface area contributed by atoms with Gasteiger partial charge in [0.15, 0.2) is 0 Å². The number of aliphatic hydroxyl groups is 1. The fraction of sp³-hybridized carbons (Fsp3) is 0.615. The number of carbonyl (C=O) groups is 1. The average Bonchev–Trinajstić information content (AvgIpc) is 2.78. The van der Waals surface area contributed by atoms with Gasteiger partial charge in [0, 0.05) is 30.9 Å². The summed E-state index contributed by atoms with van der Waals surface area (Å²) in [7, 11) is 0. The number of rotatable bonds is 4. The Morgan fingerprint density at radius 1 is 1.50 bits per heavy atom. The quantitative estimate of drug-likeness (QED) is 0.867. The van der Waals surface area contributed by atoms with Crippen molar-refractivity contribution in [2.75, 3.05) is 26.2 Å². The maximum atomic E-state index is 12.0. The summed E-state index contributed by atoms with van der Waals surface area (Å²) in [6.45, 7) is 3.48. The van der Waals surface area contributed by atoms with E-state index in [1.54, 1.807) is 0 Å². The van der Waals surface area contributed by atoms with Crippen LogP contribution in [-0.2, 0) is 4.79 Å². The molecule has 2 heterocycles. The Labute approximate surface area is 112 Å². The molecule has 0 spiro atoms. The van der Waals surface area contributed by atoms with Crippen LogP contribution in [0, 0.1) is 0 Å². The van der Waals surface area contributed by atoms with Crippen LogP contribution in [0.4, 0.5) is 0 Å². The second-order valence-corrected chi connectivity index (χ2v) is 5.53. The molecule has 1 unspecified atom stereocenters. The molecule has 0 saturated carbocycles. The Kier molecular flexibility index (Phi) is 5.16. The van der Waals surface area contributed by atoms with Crippen LogP contribution in [0.2, 0.25) is 0 Å². The minimum atomic E-state index is -0.501. The molecule has 1 aromatic rings. The lowest BCUT2D eigenvalue weighted by Crippen LogP contribution is -2.34. The minimum Gasteiger partial charge on any atom is -0.388 e. The van der Waals surface area contributed by atoms with Gasteiger partial charge in [-0.15, -0.1) is 11.3 Å². The second kappa shape index (κ2) is 6.87. The number of aliphatic hydroxyl groups excluding tert-OH is 1. The zero-order chi connectivity index (χ0) is 12.8. The molecule has 0 aromatic carbocycles. The maximum absolute atomic E-state index is 12.0. The van der Waals surface area contributed by atoms with E-state index in [9.17, 15) is 9.90 Å². The molecule has 0 bridgehead atoms. The van der Waals surface area contributed by atoms with Crippen molar-refractivity contribution in [3.63, 3.8) is 0 Å². The van der Waals surface area contributed by atoms with E-state index in [4.69, 9.17) is 0 Å². The molecule has 1 amide bonds. The van der Waals surface area contributed by atoms with E-state index in [0.717, 1.165) is 37.5 Å². The molecule has 1 aliphatic heterocycles. The van der Waals surface area contributed by atoms with Crippen molar-refractivity contribution in [2.45, 2.75) is 25.4 Å². The molecule has 2 rings (SSSR count). The van der Waals surface area contributed by atoms with Crippen molar-refractivity contribution in [2.24, 2.45) is 0 Å². The summed E-state index contributed by atoms with van der Waals surface area (Å²) in [4.78, 5) is 14.9. The zero-order valence-corrected chi connectivity index (χ0v) is 11.3. The summed E-state index contributed by atoms with van der Waals surface area (Å²) < 4.78 is 0. The van der Waals surface area contributed by atoms with E-state index in [-0.39, 0.29) is 5.91 Å². The monoisotopic (exact) mass is 268 g/mol. The van der Waals surface area contributed by atoms with Gasteiger partial charge in [0.2, 0.25) is 5.91 Å². The summed E-state index contributed by atoms with van der Waals surface area (Å²) in [6, 6.07) is 3.83. The third-order valence-corrected chi connectivity index (χ3v) is 4.17. The first-order chi connectivity index (χ1) is 8.77. The van der Waals surface area contributed by atoms with E-state index in [1.807, 2.05) is 22.4 Å². The number of nitrogens with zero attached hydrogens (tertiary/aromatic N) is 1. The Hall–Kier alpha value is -0.910. The van der Waals surface area contributed by atoms with Crippen molar-refractivity contribution in [3.8, 4) is 0 Å². The van der Waals surface area contributed by atoms with Gasteiger partial charge in [-0.25, -0.2) is 0 Å². The number of carbonyl (C=O) groups excluding carboxylic acids is 1. The Morgan fingerprint density at radius 2 is 2.39 bits per heavy atom. The fourth-order valence-electron chi connectivity index (χ4n) is 2.14. The number of thiophene rings is 1. The van der Waals surface area contributed by atoms with Gasteiger partial charge in [-0.05, 0) is 30.8 Å². The number of hydrogen-bond donors (Lipinski definition) is 2. The van der Waals surface area contributed by atoms with Gasteiger partial charge in [0.25, 0.3) is 0 Å². The number of nitrogens with one attached hydrogen (secondary N) is 1. The van der Waals surface area contributed by atoms with Crippen LogP contribution in [0.1, 0.15) is 30.2 Å². The smallest absolute Gasteiger partial charge is 0.222 e. The first-order valence-electron chi connectivity index (χ1n) is 6.47. The van der Waals surface area contributed by atoms with Gasteiger partial charge in [-0.1, -0.05) is 6.07 Å². The van der Waals surface area contributed by atoms with Crippen molar-refractivity contribution < 1.29 is 9.90 Å². The van der Waals surface area contributed by atoms with Gasteiger partial charge in [0.1, 0.15) is 0 Å². The van der Waals surface area contributed by atoms with Crippen LogP contribution in [0.5, 0.6) is 0 Å². The highest BCUT2D eigenvalue weighted by Crippen LogP contribution is 2.23. The van der Waals surface area contributed by atoms with Crippen LogP contribution in [-0.4, -0.2) is 42.1 Å². The molecule has 1 aromatic heterocycles. The molecular weight excluding hydrogens is 248 g/mol. The molecule has 0 aliphatic carbocycles. The lowest BCUT2D eigenvalue weighted by molar-refractivity contribution is -0.131. The molecule has 4 nitrogen and oxygen atoms in total. The zero-order valence-electron chi connectivity index (χ0n) is 10.5. The lowest BCUT2D eigenvalue weighted by atomic mass is 10.1. The van der Waals surface area contributed by atoms with E-state index < -0.39 is 6.10 Å². The summed E-state index contributed by atoms with van der Waals surface area (Å²) >= 11 is 1.54. The Bertz CT molecular complexity index is 359. The number of amides is 1. The summed E-state index contributed by atoms with van der Waals surface area (Å²) in [5.74, 6) is 0.161. The first kappa shape index (κ1) is 13.5. The van der Waals surface area contributed by atoms with Crippen molar-refractivity contribution >= 4 is 17.2 Å². The molecule has 18 heavy (non-hydrogen) atoms. The summed E-state index contributed by atoms with van der Waals surface area (Å²) in [5.41, 5.74) is 0. The fourth-order valence-corrected chi connectivity index (χ4v) is 2.88. The summed E-state index contributed by atoms with van der Waals surface area (Å²) in [5, 5.41) is 15.2. The third-order valence-electron chi connectivity index (χ3n) is 3.20. The highest BCUT2D eigenvalue weighted by molar-refractivity contribution is 7.10. The normalized spacial score (nSPS) is 18.4. The van der Waals surface area contributed by atoms with Gasteiger partial charge < -0.3 is 15.3 Å². The van der Waals surface area contributed by atoms with E-state index in [2.05, 4.69) is 5.32 Å². The standard InChI is InChI=1S/C13H20N2O2S/c16-11(12-3-1-10-18-12)4-5-13(17)15-8-2-6-14-7-9-15/h1,3,10-11,14,16H,2,4-9H2. The topological polar surface area (TPSA) is 52.6 Å². The molecule has 1 aliphatic rings. The van der Waals surface area contributed by atoms with Crippen LogP contribution < -0.4 is 5.32 Å². The van der Waals surface area contributed by atoms with Crippen LogP contribution in [0.3, 0.4) is 0 Å². The average molecular weight is 268 g/mol. The minimum absolute atomic E-state index is 0.161.